The average Bonchev–Trinajstić information content (AvgIpc) is 3.46. The molecule has 0 amide bonds. The first-order valence-electron chi connectivity index (χ1n) is 32.8. The molecule has 0 saturated carbocycles. The molecule has 0 aromatic heterocycles. The Balaban J connectivity index is 4.46. The van der Waals surface area contributed by atoms with Crippen LogP contribution in [0, 0.1) is 0 Å². The molecule has 0 aliphatic carbocycles. The Kier molecular flexibility index (Phi) is 62.9. The lowest BCUT2D eigenvalue weighted by molar-refractivity contribution is -0.167. The highest BCUT2D eigenvalue weighted by molar-refractivity contribution is 5.71. The number of rotatable bonds is 58. The molecule has 0 N–H and O–H groups in total. The number of unbranched alkanes of at least 4 members (excludes halogenated alkanes) is 23. The number of esters is 3. The normalized spacial score (nSPS) is 13.1. The van der Waals surface area contributed by atoms with E-state index in [1.165, 1.54) is 77.0 Å². The SMILES string of the molecule is CC/C=C\C/C=C\C/C=C\C/C=C\C/C=C\C/C=C\CCCCCCCCC(=O)OCC(COC(=O)CCCCCCC/C=C\C/C=C\CCCCCC)OC(=O)CCCCCCCCCC/C=C\C/C=C\C/C=C\C/C=C\CC. The van der Waals surface area contributed by atoms with Crippen LogP contribution in [0.5, 0.6) is 0 Å². The van der Waals surface area contributed by atoms with Crippen molar-refractivity contribution in [1.29, 1.82) is 0 Å². The standard InChI is InChI=1S/C74H120O6/c1-4-7-10-13-16-19-22-25-28-31-33-35-36-37-38-40-41-43-46-49-52-55-58-61-64-67-73(76)79-70-71(69-78-72(75)66-63-60-57-54-51-48-45-30-27-24-21-18-15-12-9-6-3)80-74(77)68-65-62-59-56-53-50-47-44-42-39-34-32-29-26-23-20-17-14-11-8-5-2/h7-8,10-11,16-17,19-21,24-26,28-30,33-35,37-39,41,43,45,71H,4-6,9,12-15,18,22-23,27,31-32,36,40,42,44,46-70H2,1-3H3/b10-7-,11-8-,19-16-,20-17-,24-21-,28-25-,29-26-,35-33-,38-37-,39-34-,43-41-,45-30-. The first kappa shape index (κ1) is 75.3. The molecular formula is C74H120O6. The summed E-state index contributed by atoms with van der Waals surface area (Å²) >= 11 is 0. The lowest BCUT2D eigenvalue weighted by Gasteiger charge is -2.18. The molecule has 0 fully saturated rings. The van der Waals surface area contributed by atoms with Gasteiger partial charge in [0.15, 0.2) is 6.10 Å². The first-order valence-corrected chi connectivity index (χ1v) is 32.8. The molecule has 0 radical (unpaired) electrons. The van der Waals surface area contributed by atoms with Crippen molar-refractivity contribution in [3.05, 3.63) is 146 Å². The van der Waals surface area contributed by atoms with Crippen LogP contribution in [0.4, 0.5) is 0 Å². The Hall–Kier alpha value is -4.71. The molecule has 452 valence electrons. The fourth-order valence-electron chi connectivity index (χ4n) is 8.70. The van der Waals surface area contributed by atoms with E-state index in [4.69, 9.17) is 14.2 Å². The minimum absolute atomic E-state index is 0.0981. The summed E-state index contributed by atoms with van der Waals surface area (Å²) in [6.07, 6.45) is 95.6. The van der Waals surface area contributed by atoms with Crippen molar-refractivity contribution in [2.75, 3.05) is 13.2 Å². The zero-order valence-electron chi connectivity index (χ0n) is 51.8. The Labute approximate surface area is 493 Å². The summed E-state index contributed by atoms with van der Waals surface area (Å²) in [7, 11) is 0. The largest absolute Gasteiger partial charge is 0.462 e. The number of hydrogen-bond donors (Lipinski definition) is 0. The van der Waals surface area contributed by atoms with Gasteiger partial charge in [-0.25, -0.2) is 0 Å². The number of hydrogen-bond acceptors (Lipinski definition) is 6. The van der Waals surface area contributed by atoms with Gasteiger partial charge in [0.2, 0.25) is 0 Å². The fourth-order valence-corrected chi connectivity index (χ4v) is 8.70. The molecule has 0 rings (SSSR count). The van der Waals surface area contributed by atoms with Crippen LogP contribution in [0.25, 0.3) is 0 Å². The van der Waals surface area contributed by atoms with Gasteiger partial charge in [-0.15, -0.1) is 0 Å². The van der Waals surface area contributed by atoms with Gasteiger partial charge in [0.05, 0.1) is 0 Å². The van der Waals surface area contributed by atoms with Crippen molar-refractivity contribution in [2.24, 2.45) is 0 Å². The van der Waals surface area contributed by atoms with E-state index in [1.807, 2.05) is 0 Å². The molecule has 0 spiro atoms. The van der Waals surface area contributed by atoms with Gasteiger partial charge in [-0.1, -0.05) is 269 Å². The van der Waals surface area contributed by atoms with E-state index in [9.17, 15) is 14.4 Å². The zero-order valence-corrected chi connectivity index (χ0v) is 51.8. The van der Waals surface area contributed by atoms with E-state index in [2.05, 4.69) is 167 Å². The molecule has 0 bridgehead atoms. The monoisotopic (exact) mass is 1100 g/mol. The Morgan fingerprint density at radius 2 is 0.487 bits per heavy atom. The molecule has 0 aliphatic heterocycles. The molecule has 0 aromatic rings. The fraction of sp³-hybridized carbons (Fsp3) is 0.635. The third-order valence-corrected chi connectivity index (χ3v) is 13.6. The quantitative estimate of drug-likeness (QED) is 0.0261. The third-order valence-electron chi connectivity index (χ3n) is 13.6. The Morgan fingerprint density at radius 3 is 0.762 bits per heavy atom. The second kappa shape index (κ2) is 66.8. The van der Waals surface area contributed by atoms with E-state index >= 15 is 0 Å². The summed E-state index contributed by atoms with van der Waals surface area (Å²) in [6, 6.07) is 0. The lowest BCUT2D eigenvalue weighted by Crippen LogP contribution is -2.30. The van der Waals surface area contributed by atoms with Crippen molar-refractivity contribution in [2.45, 2.75) is 290 Å². The topological polar surface area (TPSA) is 78.9 Å². The van der Waals surface area contributed by atoms with Crippen LogP contribution < -0.4 is 0 Å². The maximum Gasteiger partial charge on any atom is 0.306 e. The molecule has 0 aliphatic rings. The molecule has 1 atom stereocenters. The van der Waals surface area contributed by atoms with Crippen LogP contribution in [0.2, 0.25) is 0 Å². The van der Waals surface area contributed by atoms with Crippen molar-refractivity contribution in [3.8, 4) is 0 Å². The molecule has 6 nitrogen and oxygen atoms in total. The van der Waals surface area contributed by atoms with Gasteiger partial charge in [-0.3, -0.25) is 14.4 Å². The van der Waals surface area contributed by atoms with Crippen molar-refractivity contribution in [1.82, 2.24) is 0 Å². The zero-order chi connectivity index (χ0) is 57.8. The predicted molar refractivity (Wildman–Crippen MR) is 348 cm³/mol. The first-order chi connectivity index (χ1) is 39.5. The summed E-state index contributed by atoms with van der Waals surface area (Å²) in [5.74, 6) is -0.932. The number of carbonyl (C=O) groups is 3. The predicted octanol–water partition coefficient (Wildman–Crippen LogP) is 22.7. The Bertz CT molecular complexity index is 1750. The van der Waals surface area contributed by atoms with Crippen molar-refractivity contribution < 1.29 is 28.6 Å². The van der Waals surface area contributed by atoms with E-state index < -0.39 is 6.10 Å². The van der Waals surface area contributed by atoms with Crippen LogP contribution in [0.15, 0.2) is 146 Å². The van der Waals surface area contributed by atoms with E-state index in [1.54, 1.807) is 0 Å². The van der Waals surface area contributed by atoms with E-state index in [-0.39, 0.29) is 31.1 Å². The van der Waals surface area contributed by atoms with Crippen LogP contribution in [0.3, 0.4) is 0 Å². The van der Waals surface area contributed by atoms with Crippen molar-refractivity contribution in [3.63, 3.8) is 0 Å². The second-order valence-electron chi connectivity index (χ2n) is 21.3. The van der Waals surface area contributed by atoms with Gasteiger partial charge < -0.3 is 14.2 Å². The van der Waals surface area contributed by atoms with Gasteiger partial charge in [-0.05, 0) is 141 Å². The van der Waals surface area contributed by atoms with Crippen LogP contribution >= 0.6 is 0 Å². The maximum absolute atomic E-state index is 12.9. The van der Waals surface area contributed by atoms with Crippen LogP contribution in [-0.4, -0.2) is 37.2 Å². The minimum atomic E-state index is -0.803. The lowest BCUT2D eigenvalue weighted by atomic mass is 10.1. The minimum Gasteiger partial charge on any atom is -0.462 e. The summed E-state index contributed by atoms with van der Waals surface area (Å²) in [4.78, 5) is 38.4. The number of ether oxygens (including phenoxy) is 3. The summed E-state index contributed by atoms with van der Waals surface area (Å²) in [6.45, 7) is 6.37. The molecule has 80 heavy (non-hydrogen) atoms. The molecule has 1 unspecified atom stereocenters. The average molecular weight is 1110 g/mol. The summed E-state index contributed by atoms with van der Waals surface area (Å²) in [5.41, 5.74) is 0. The summed E-state index contributed by atoms with van der Waals surface area (Å²) in [5, 5.41) is 0. The Morgan fingerprint density at radius 1 is 0.263 bits per heavy atom. The van der Waals surface area contributed by atoms with Gasteiger partial charge in [0, 0.05) is 19.3 Å². The number of carbonyl (C=O) groups excluding carboxylic acids is 3. The molecule has 0 saturated heterocycles. The van der Waals surface area contributed by atoms with Gasteiger partial charge >= 0.3 is 17.9 Å². The molecular weight excluding hydrogens is 985 g/mol. The molecule has 0 heterocycles. The second-order valence-corrected chi connectivity index (χ2v) is 21.3. The highest BCUT2D eigenvalue weighted by Gasteiger charge is 2.19. The highest BCUT2D eigenvalue weighted by atomic mass is 16.6. The van der Waals surface area contributed by atoms with Crippen LogP contribution in [-0.2, 0) is 28.6 Å². The third kappa shape index (κ3) is 64.1. The smallest absolute Gasteiger partial charge is 0.306 e. The summed E-state index contributed by atoms with van der Waals surface area (Å²) < 4.78 is 16.9. The van der Waals surface area contributed by atoms with E-state index in [0.29, 0.717) is 19.3 Å². The van der Waals surface area contributed by atoms with Crippen LogP contribution in [0.1, 0.15) is 284 Å². The number of allylic oxidation sites excluding steroid dienone is 24. The van der Waals surface area contributed by atoms with E-state index in [0.717, 1.165) is 167 Å². The molecule has 0 aromatic carbocycles. The molecule has 6 heteroatoms. The highest BCUT2D eigenvalue weighted by Crippen LogP contribution is 2.15. The van der Waals surface area contributed by atoms with Gasteiger partial charge in [0.1, 0.15) is 13.2 Å². The van der Waals surface area contributed by atoms with Gasteiger partial charge in [0.25, 0.3) is 0 Å². The van der Waals surface area contributed by atoms with Gasteiger partial charge in [-0.2, -0.15) is 0 Å². The maximum atomic E-state index is 12.9. The van der Waals surface area contributed by atoms with Crippen molar-refractivity contribution >= 4 is 17.9 Å².